The van der Waals surface area contributed by atoms with Gasteiger partial charge in [0.25, 0.3) is 0 Å². The molecule has 1 heterocycles. The van der Waals surface area contributed by atoms with Gasteiger partial charge < -0.3 is 4.98 Å². The second-order valence-electron chi connectivity index (χ2n) is 3.23. The minimum atomic E-state index is 0.491. The summed E-state index contributed by atoms with van der Waals surface area (Å²) in [7, 11) is 0. The summed E-state index contributed by atoms with van der Waals surface area (Å²) in [6.07, 6.45) is 0.746. The van der Waals surface area contributed by atoms with E-state index in [1.165, 1.54) is 5.39 Å². The molecule has 2 rings (SSSR count). The third-order valence-corrected chi connectivity index (χ3v) is 2.68. The fraction of sp³-hybridized carbons (Fsp3) is 0.200. The standard InChI is InChI=1S/C10H9BrN4/c11-8-1-2-10-7(5-8)6-9(14-10)3-4-13-15-12/h1-2,5-6,14H,3-4H2. The molecule has 76 valence electrons. The summed E-state index contributed by atoms with van der Waals surface area (Å²) < 4.78 is 1.07. The van der Waals surface area contributed by atoms with E-state index >= 15 is 0 Å². The van der Waals surface area contributed by atoms with Gasteiger partial charge in [-0.25, -0.2) is 0 Å². The van der Waals surface area contributed by atoms with E-state index in [4.69, 9.17) is 5.53 Å². The number of fused-ring (bicyclic) bond motifs is 1. The zero-order valence-corrected chi connectivity index (χ0v) is 9.53. The molecule has 0 saturated heterocycles. The first kappa shape index (κ1) is 10.1. The van der Waals surface area contributed by atoms with Gasteiger partial charge in [-0.2, -0.15) is 0 Å². The van der Waals surface area contributed by atoms with Crippen molar-refractivity contribution in [1.82, 2.24) is 4.98 Å². The Morgan fingerprint density at radius 3 is 3.07 bits per heavy atom. The van der Waals surface area contributed by atoms with Crippen molar-refractivity contribution in [2.75, 3.05) is 6.54 Å². The average Bonchev–Trinajstić information content (AvgIpc) is 2.60. The Morgan fingerprint density at radius 2 is 2.27 bits per heavy atom. The first-order valence-electron chi connectivity index (χ1n) is 4.57. The molecular weight excluding hydrogens is 256 g/mol. The molecule has 0 fully saturated rings. The lowest BCUT2D eigenvalue weighted by Gasteiger charge is -1.90. The van der Waals surface area contributed by atoms with Gasteiger partial charge in [-0.1, -0.05) is 21.0 Å². The predicted molar refractivity (Wildman–Crippen MR) is 63.7 cm³/mol. The van der Waals surface area contributed by atoms with Gasteiger partial charge in [0, 0.05) is 32.5 Å². The number of halogens is 1. The van der Waals surface area contributed by atoms with Crippen molar-refractivity contribution >= 4 is 26.8 Å². The number of H-pyrrole nitrogens is 1. The molecule has 1 aromatic carbocycles. The van der Waals surface area contributed by atoms with Crippen molar-refractivity contribution < 1.29 is 0 Å². The number of hydrogen-bond acceptors (Lipinski definition) is 1. The van der Waals surface area contributed by atoms with E-state index in [2.05, 4.69) is 43.1 Å². The van der Waals surface area contributed by atoms with Crippen LogP contribution in [0.2, 0.25) is 0 Å². The lowest BCUT2D eigenvalue weighted by molar-refractivity contribution is 0.929. The maximum atomic E-state index is 8.16. The van der Waals surface area contributed by atoms with Crippen molar-refractivity contribution in [2.45, 2.75) is 6.42 Å². The zero-order chi connectivity index (χ0) is 10.7. The highest BCUT2D eigenvalue weighted by molar-refractivity contribution is 9.10. The maximum absolute atomic E-state index is 8.16. The summed E-state index contributed by atoms with van der Waals surface area (Å²) >= 11 is 3.43. The van der Waals surface area contributed by atoms with Gasteiger partial charge in [0.1, 0.15) is 0 Å². The molecule has 0 aliphatic carbocycles. The fourth-order valence-electron chi connectivity index (χ4n) is 1.51. The molecule has 0 radical (unpaired) electrons. The molecule has 1 aromatic heterocycles. The number of aromatic amines is 1. The lowest BCUT2D eigenvalue weighted by Crippen LogP contribution is -1.87. The third-order valence-electron chi connectivity index (χ3n) is 2.18. The van der Waals surface area contributed by atoms with E-state index in [0.717, 1.165) is 22.1 Å². The molecule has 0 spiro atoms. The Hall–Kier alpha value is -1.45. The van der Waals surface area contributed by atoms with Crippen molar-refractivity contribution in [2.24, 2.45) is 5.11 Å². The van der Waals surface area contributed by atoms with Crippen LogP contribution in [0.25, 0.3) is 21.3 Å². The molecule has 0 bridgehead atoms. The topological polar surface area (TPSA) is 64.6 Å². The number of nitrogens with one attached hydrogen (secondary N) is 1. The smallest absolute Gasteiger partial charge is 0.0456 e. The van der Waals surface area contributed by atoms with Crippen LogP contribution < -0.4 is 0 Å². The van der Waals surface area contributed by atoms with Crippen LogP contribution in [0.4, 0.5) is 0 Å². The SMILES string of the molecule is [N-]=[N+]=NCCc1cc2cc(Br)ccc2[nH]1. The Morgan fingerprint density at radius 1 is 1.40 bits per heavy atom. The summed E-state index contributed by atoms with van der Waals surface area (Å²) in [5, 5.41) is 4.67. The van der Waals surface area contributed by atoms with Crippen LogP contribution in [0, 0.1) is 0 Å². The van der Waals surface area contributed by atoms with Gasteiger partial charge in [0.2, 0.25) is 0 Å². The van der Waals surface area contributed by atoms with Gasteiger partial charge in [0.15, 0.2) is 0 Å². The maximum Gasteiger partial charge on any atom is 0.0456 e. The van der Waals surface area contributed by atoms with Crippen molar-refractivity contribution in [3.8, 4) is 0 Å². The summed E-state index contributed by atoms with van der Waals surface area (Å²) in [4.78, 5) is 6.00. The van der Waals surface area contributed by atoms with Gasteiger partial charge in [0.05, 0.1) is 0 Å². The second-order valence-corrected chi connectivity index (χ2v) is 4.15. The van der Waals surface area contributed by atoms with Crippen LogP contribution in [0.3, 0.4) is 0 Å². The molecule has 0 amide bonds. The van der Waals surface area contributed by atoms with Gasteiger partial charge in [-0.15, -0.1) is 0 Å². The Kier molecular flexibility index (Phi) is 2.94. The third kappa shape index (κ3) is 2.32. The first-order valence-corrected chi connectivity index (χ1v) is 5.37. The molecule has 1 N–H and O–H groups in total. The summed E-state index contributed by atoms with van der Waals surface area (Å²) in [5.41, 5.74) is 10.4. The highest BCUT2D eigenvalue weighted by atomic mass is 79.9. The predicted octanol–water partition coefficient (Wildman–Crippen LogP) is 3.78. The molecule has 0 aliphatic heterocycles. The van der Waals surface area contributed by atoms with Crippen LogP contribution >= 0.6 is 15.9 Å². The van der Waals surface area contributed by atoms with Crippen LogP contribution in [0.5, 0.6) is 0 Å². The van der Waals surface area contributed by atoms with Crippen molar-refractivity contribution in [1.29, 1.82) is 0 Å². The lowest BCUT2D eigenvalue weighted by atomic mass is 10.2. The Balaban J connectivity index is 2.26. The first-order chi connectivity index (χ1) is 7.29. The van der Waals surface area contributed by atoms with Crippen molar-refractivity contribution in [3.05, 3.63) is 44.9 Å². The number of azide groups is 1. The van der Waals surface area contributed by atoms with E-state index in [9.17, 15) is 0 Å². The molecule has 0 unspecified atom stereocenters. The van der Waals surface area contributed by atoms with E-state index in [1.54, 1.807) is 0 Å². The average molecular weight is 265 g/mol. The fourth-order valence-corrected chi connectivity index (χ4v) is 1.89. The number of nitrogens with zero attached hydrogens (tertiary/aromatic N) is 3. The van der Waals surface area contributed by atoms with Crippen LogP contribution in [0.15, 0.2) is 33.9 Å². The number of rotatable bonds is 3. The summed E-state index contributed by atoms with van der Waals surface area (Å²) in [6.45, 7) is 0.491. The van der Waals surface area contributed by atoms with Gasteiger partial charge in [-0.05, 0) is 36.2 Å². The van der Waals surface area contributed by atoms with Gasteiger partial charge >= 0.3 is 0 Å². The molecule has 0 saturated carbocycles. The van der Waals surface area contributed by atoms with Crippen LogP contribution in [0.1, 0.15) is 5.69 Å². The van der Waals surface area contributed by atoms with E-state index in [-0.39, 0.29) is 0 Å². The molecule has 2 aromatic rings. The number of hydrogen-bond donors (Lipinski definition) is 1. The molecule has 0 atom stereocenters. The van der Waals surface area contributed by atoms with E-state index in [0.29, 0.717) is 6.54 Å². The van der Waals surface area contributed by atoms with Crippen molar-refractivity contribution in [3.63, 3.8) is 0 Å². The summed E-state index contributed by atoms with van der Waals surface area (Å²) in [6, 6.07) is 8.16. The second kappa shape index (κ2) is 4.38. The molecular formula is C10H9BrN4. The minimum Gasteiger partial charge on any atom is -0.358 e. The Bertz CT molecular complexity index is 525. The number of benzene rings is 1. The van der Waals surface area contributed by atoms with E-state index < -0.39 is 0 Å². The monoisotopic (exact) mass is 264 g/mol. The van der Waals surface area contributed by atoms with Gasteiger partial charge in [-0.3, -0.25) is 0 Å². The molecule has 5 heteroatoms. The highest BCUT2D eigenvalue weighted by Crippen LogP contribution is 2.20. The molecule has 0 aliphatic rings. The zero-order valence-electron chi connectivity index (χ0n) is 7.94. The Labute approximate surface area is 95.1 Å². The largest absolute Gasteiger partial charge is 0.358 e. The quantitative estimate of drug-likeness (QED) is 0.498. The minimum absolute atomic E-state index is 0.491. The normalized spacial score (nSPS) is 10.2. The molecule has 4 nitrogen and oxygen atoms in total. The van der Waals surface area contributed by atoms with Crippen LogP contribution in [-0.2, 0) is 6.42 Å². The van der Waals surface area contributed by atoms with Crippen LogP contribution in [-0.4, -0.2) is 11.5 Å². The summed E-state index contributed by atoms with van der Waals surface area (Å²) in [5.74, 6) is 0. The highest BCUT2D eigenvalue weighted by Gasteiger charge is 2.00. The molecule has 15 heavy (non-hydrogen) atoms. The number of aromatic nitrogens is 1. The van der Waals surface area contributed by atoms with E-state index in [1.807, 2.05) is 12.1 Å².